The van der Waals surface area contributed by atoms with E-state index in [2.05, 4.69) is 23.8 Å². The molecule has 4 heteroatoms. The Morgan fingerprint density at radius 1 is 1.41 bits per heavy atom. The SMILES string of the molecule is CC1CN(Cc2c(N)cccc2Cl)CCN1C. The van der Waals surface area contributed by atoms with Gasteiger partial charge in [-0.1, -0.05) is 17.7 Å². The average molecular weight is 254 g/mol. The van der Waals surface area contributed by atoms with Crippen LogP contribution >= 0.6 is 11.6 Å². The fourth-order valence-corrected chi connectivity index (χ4v) is 2.47. The van der Waals surface area contributed by atoms with Gasteiger partial charge in [0, 0.05) is 48.5 Å². The number of halogens is 1. The van der Waals surface area contributed by atoms with Gasteiger partial charge in [0.25, 0.3) is 0 Å². The van der Waals surface area contributed by atoms with Crippen LogP contribution < -0.4 is 5.73 Å². The van der Waals surface area contributed by atoms with Crippen LogP contribution in [0.3, 0.4) is 0 Å². The van der Waals surface area contributed by atoms with Crippen LogP contribution in [0.15, 0.2) is 18.2 Å². The van der Waals surface area contributed by atoms with Crippen LogP contribution in [-0.2, 0) is 6.54 Å². The van der Waals surface area contributed by atoms with E-state index in [9.17, 15) is 0 Å². The number of rotatable bonds is 2. The summed E-state index contributed by atoms with van der Waals surface area (Å²) in [5.41, 5.74) is 7.84. The Hall–Kier alpha value is -0.770. The van der Waals surface area contributed by atoms with Gasteiger partial charge >= 0.3 is 0 Å². The Balaban J connectivity index is 2.06. The van der Waals surface area contributed by atoms with Crippen molar-refractivity contribution >= 4 is 17.3 Å². The molecule has 1 saturated heterocycles. The molecule has 94 valence electrons. The minimum atomic E-state index is 0.590. The van der Waals surface area contributed by atoms with E-state index in [1.165, 1.54) is 0 Å². The first-order chi connectivity index (χ1) is 8.08. The zero-order valence-electron chi connectivity index (χ0n) is 10.5. The Morgan fingerprint density at radius 2 is 2.18 bits per heavy atom. The molecule has 0 radical (unpaired) electrons. The number of hydrogen-bond acceptors (Lipinski definition) is 3. The topological polar surface area (TPSA) is 32.5 Å². The monoisotopic (exact) mass is 253 g/mol. The first-order valence-electron chi connectivity index (χ1n) is 6.03. The summed E-state index contributed by atoms with van der Waals surface area (Å²) in [5.74, 6) is 0. The highest BCUT2D eigenvalue weighted by Gasteiger charge is 2.21. The molecule has 17 heavy (non-hydrogen) atoms. The summed E-state index contributed by atoms with van der Waals surface area (Å²) >= 11 is 6.20. The van der Waals surface area contributed by atoms with Gasteiger partial charge in [-0.05, 0) is 26.1 Å². The van der Waals surface area contributed by atoms with Crippen molar-refractivity contribution in [2.45, 2.75) is 19.5 Å². The third-order valence-corrected chi connectivity index (χ3v) is 3.93. The maximum absolute atomic E-state index is 6.20. The Labute approximate surface area is 108 Å². The van der Waals surface area contributed by atoms with Gasteiger partial charge in [-0.3, -0.25) is 4.90 Å². The van der Waals surface area contributed by atoms with Crippen molar-refractivity contribution in [1.82, 2.24) is 9.80 Å². The third-order valence-electron chi connectivity index (χ3n) is 3.58. The number of anilines is 1. The van der Waals surface area contributed by atoms with Crippen molar-refractivity contribution in [3.63, 3.8) is 0 Å². The van der Waals surface area contributed by atoms with Crippen LogP contribution in [0.5, 0.6) is 0 Å². The Bertz CT molecular complexity index is 374. The number of likely N-dealkylation sites (N-methyl/N-ethyl adjacent to an activating group) is 1. The highest BCUT2D eigenvalue weighted by molar-refractivity contribution is 6.31. The number of hydrogen-bond donors (Lipinski definition) is 1. The summed E-state index contributed by atoms with van der Waals surface area (Å²) in [7, 11) is 2.17. The van der Waals surface area contributed by atoms with Crippen molar-refractivity contribution in [2.24, 2.45) is 0 Å². The maximum atomic E-state index is 6.20. The molecule has 1 aromatic rings. The lowest BCUT2D eigenvalue weighted by atomic mass is 10.1. The largest absolute Gasteiger partial charge is 0.398 e. The van der Waals surface area contributed by atoms with Gasteiger partial charge in [0.15, 0.2) is 0 Å². The molecule has 0 bridgehead atoms. The first kappa shape index (κ1) is 12.7. The van der Waals surface area contributed by atoms with Crippen molar-refractivity contribution < 1.29 is 0 Å². The summed E-state index contributed by atoms with van der Waals surface area (Å²) < 4.78 is 0. The number of nitrogen functional groups attached to an aromatic ring is 1. The second-order valence-corrected chi connectivity index (χ2v) is 5.28. The van der Waals surface area contributed by atoms with Gasteiger partial charge < -0.3 is 10.6 Å². The first-order valence-corrected chi connectivity index (χ1v) is 6.41. The molecule has 0 aliphatic carbocycles. The molecular formula is C13H20ClN3. The van der Waals surface area contributed by atoms with Crippen molar-refractivity contribution in [2.75, 3.05) is 32.4 Å². The lowest BCUT2D eigenvalue weighted by Crippen LogP contribution is -2.49. The molecule has 1 atom stereocenters. The summed E-state index contributed by atoms with van der Waals surface area (Å²) in [4.78, 5) is 4.80. The fourth-order valence-electron chi connectivity index (χ4n) is 2.23. The third kappa shape index (κ3) is 2.92. The van der Waals surface area contributed by atoms with E-state index in [0.29, 0.717) is 6.04 Å². The molecule has 2 N–H and O–H groups in total. The van der Waals surface area contributed by atoms with Crippen molar-refractivity contribution in [3.05, 3.63) is 28.8 Å². The Morgan fingerprint density at radius 3 is 2.82 bits per heavy atom. The molecule has 0 saturated carbocycles. The number of nitrogens with two attached hydrogens (primary N) is 1. The van der Waals surface area contributed by atoms with Crippen LogP contribution in [0.2, 0.25) is 5.02 Å². The fraction of sp³-hybridized carbons (Fsp3) is 0.538. The summed E-state index contributed by atoms with van der Waals surface area (Å²) in [6.07, 6.45) is 0. The molecule has 0 spiro atoms. The van der Waals surface area contributed by atoms with Crippen molar-refractivity contribution in [1.29, 1.82) is 0 Å². The predicted molar refractivity (Wildman–Crippen MR) is 73.2 cm³/mol. The van der Waals surface area contributed by atoms with Crippen LogP contribution in [0, 0.1) is 0 Å². The average Bonchev–Trinajstić information content (AvgIpc) is 2.28. The normalized spacial score (nSPS) is 22.9. The van der Waals surface area contributed by atoms with E-state index >= 15 is 0 Å². The Kier molecular flexibility index (Phi) is 3.92. The number of benzene rings is 1. The van der Waals surface area contributed by atoms with Gasteiger partial charge in [0.2, 0.25) is 0 Å². The van der Waals surface area contributed by atoms with Crippen LogP contribution in [0.4, 0.5) is 5.69 Å². The molecule has 1 fully saturated rings. The zero-order chi connectivity index (χ0) is 12.4. The maximum Gasteiger partial charge on any atom is 0.0471 e. The molecule has 2 rings (SSSR count). The summed E-state index contributed by atoms with van der Waals surface area (Å²) in [6.45, 7) is 6.35. The molecule has 0 amide bonds. The molecule has 0 aromatic heterocycles. The lowest BCUT2D eigenvalue weighted by Gasteiger charge is -2.37. The second kappa shape index (κ2) is 5.25. The molecule has 1 aliphatic heterocycles. The van der Waals surface area contributed by atoms with Crippen LogP contribution in [0.25, 0.3) is 0 Å². The smallest absolute Gasteiger partial charge is 0.0471 e. The highest BCUT2D eigenvalue weighted by Crippen LogP contribution is 2.24. The molecular weight excluding hydrogens is 234 g/mol. The van der Waals surface area contributed by atoms with Crippen molar-refractivity contribution in [3.8, 4) is 0 Å². The van der Waals surface area contributed by atoms with Gasteiger partial charge in [-0.15, -0.1) is 0 Å². The van der Waals surface area contributed by atoms with Gasteiger partial charge in [0.05, 0.1) is 0 Å². The van der Waals surface area contributed by atoms with Crippen LogP contribution in [-0.4, -0.2) is 42.5 Å². The van der Waals surface area contributed by atoms with E-state index < -0.39 is 0 Å². The highest BCUT2D eigenvalue weighted by atomic mass is 35.5. The van der Waals surface area contributed by atoms with Gasteiger partial charge in [0.1, 0.15) is 0 Å². The van der Waals surface area contributed by atoms with E-state index in [1.54, 1.807) is 0 Å². The van der Waals surface area contributed by atoms with Gasteiger partial charge in [-0.2, -0.15) is 0 Å². The predicted octanol–water partition coefficient (Wildman–Crippen LogP) is 2.06. The van der Waals surface area contributed by atoms with Gasteiger partial charge in [-0.25, -0.2) is 0 Å². The molecule has 1 unspecified atom stereocenters. The van der Waals surface area contributed by atoms with E-state index in [0.717, 1.165) is 42.5 Å². The van der Waals surface area contributed by atoms with E-state index in [-0.39, 0.29) is 0 Å². The summed E-state index contributed by atoms with van der Waals surface area (Å²) in [6, 6.07) is 6.31. The molecule has 1 aromatic carbocycles. The number of nitrogens with zero attached hydrogens (tertiary/aromatic N) is 2. The minimum absolute atomic E-state index is 0.590. The van der Waals surface area contributed by atoms with Crippen LogP contribution in [0.1, 0.15) is 12.5 Å². The summed E-state index contributed by atoms with van der Waals surface area (Å²) in [5, 5.41) is 0.775. The number of piperazine rings is 1. The quantitative estimate of drug-likeness (QED) is 0.819. The minimum Gasteiger partial charge on any atom is -0.398 e. The molecule has 1 aliphatic rings. The molecule has 3 nitrogen and oxygen atoms in total. The van der Waals surface area contributed by atoms with E-state index in [4.69, 9.17) is 17.3 Å². The standard InChI is InChI=1S/C13H20ClN3/c1-10-8-17(7-6-16(10)2)9-11-12(14)4-3-5-13(11)15/h3-5,10H,6-9,15H2,1-2H3. The second-order valence-electron chi connectivity index (χ2n) is 4.87. The molecule has 1 heterocycles. The lowest BCUT2D eigenvalue weighted by molar-refractivity contribution is 0.100. The van der Waals surface area contributed by atoms with E-state index in [1.807, 2.05) is 18.2 Å². The zero-order valence-corrected chi connectivity index (χ0v) is 11.2.